The molecule has 2 aromatic rings. The van der Waals surface area contributed by atoms with Crippen molar-refractivity contribution in [3.05, 3.63) is 59.2 Å². The van der Waals surface area contributed by atoms with Gasteiger partial charge in [0.1, 0.15) is 11.5 Å². The summed E-state index contributed by atoms with van der Waals surface area (Å²) in [4.78, 5) is 26.7. The van der Waals surface area contributed by atoms with E-state index in [1.165, 1.54) is 26.2 Å². The number of ketones is 1. The second-order valence-corrected chi connectivity index (χ2v) is 6.56. The average Bonchev–Trinajstić information content (AvgIpc) is 3.03. The summed E-state index contributed by atoms with van der Waals surface area (Å²) in [5.74, 6) is -0.444. The second-order valence-electron chi connectivity index (χ2n) is 6.56. The van der Waals surface area contributed by atoms with Gasteiger partial charge in [-0.1, -0.05) is 6.07 Å². The number of benzene rings is 2. The molecule has 8 nitrogen and oxygen atoms in total. The Morgan fingerprint density at radius 1 is 0.967 bits per heavy atom. The van der Waals surface area contributed by atoms with Crippen LogP contribution in [-0.4, -0.2) is 61.3 Å². The molecular formula is C22H23NO7. The van der Waals surface area contributed by atoms with Crippen LogP contribution in [0.2, 0.25) is 0 Å². The SMILES string of the molecule is COc1ccc(C(O)=C2C(=O)C(=O)N(CCO)[C@H]2c2ccc(OC)c(OC)c2)cc1. The molecule has 1 saturated heterocycles. The van der Waals surface area contributed by atoms with Crippen molar-refractivity contribution in [3.8, 4) is 17.2 Å². The Balaban J connectivity index is 2.18. The van der Waals surface area contributed by atoms with E-state index >= 15 is 0 Å². The first-order valence-corrected chi connectivity index (χ1v) is 9.22. The van der Waals surface area contributed by atoms with Crippen molar-refractivity contribution in [2.45, 2.75) is 6.04 Å². The topological polar surface area (TPSA) is 106 Å². The van der Waals surface area contributed by atoms with Crippen molar-refractivity contribution in [1.29, 1.82) is 0 Å². The summed E-state index contributed by atoms with van der Waals surface area (Å²) in [7, 11) is 4.50. The molecule has 0 bridgehead atoms. The molecule has 30 heavy (non-hydrogen) atoms. The molecule has 0 aliphatic carbocycles. The quantitative estimate of drug-likeness (QED) is 0.407. The number of amides is 1. The van der Waals surface area contributed by atoms with Gasteiger partial charge in [-0.3, -0.25) is 9.59 Å². The highest BCUT2D eigenvalue weighted by Gasteiger charge is 2.46. The molecule has 2 N–H and O–H groups in total. The molecule has 1 fully saturated rings. The fourth-order valence-electron chi connectivity index (χ4n) is 3.49. The predicted molar refractivity (Wildman–Crippen MR) is 109 cm³/mol. The van der Waals surface area contributed by atoms with Gasteiger partial charge in [0.25, 0.3) is 11.7 Å². The molecule has 8 heteroatoms. The lowest BCUT2D eigenvalue weighted by atomic mass is 9.95. The predicted octanol–water partition coefficient (Wildman–Crippen LogP) is 2.13. The second kappa shape index (κ2) is 8.87. The number of aliphatic hydroxyl groups is 2. The van der Waals surface area contributed by atoms with Gasteiger partial charge in [0.15, 0.2) is 11.5 Å². The summed E-state index contributed by atoms with van der Waals surface area (Å²) in [6.45, 7) is -0.400. The zero-order chi connectivity index (χ0) is 21.8. The number of carbonyl (C=O) groups excluding carboxylic acids is 2. The summed E-state index contributed by atoms with van der Waals surface area (Å²) >= 11 is 0. The summed E-state index contributed by atoms with van der Waals surface area (Å²) in [6, 6.07) is 10.6. The molecule has 1 aliphatic rings. The Hall–Kier alpha value is -3.52. The highest BCUT2D eigenvalue weighted by molar-refractivity contribution is 6.46. The van der Waals surface area contributed by atoms with Gasteiger partial charge >= 0.3 is 0 Å². The minimum Gasteiger partial charge on any atom is -0.507 e. The maximum absolute atomic E-state index is 12.8. The maximum Gasteiger partial charge on any atom is 0.295 e. The van der Waals surface area contributed by atoms with E-state index in [-0.39, 0.29) is 24.5 Å². The van der Waals surface area contributed by atoms with E-state index in [9.17, 15) is 19.8 Å². The summed E-state index contributed by atoms with van der Waals surface area (Å²) < 4.78 is 15.7. The van der Waals surface area contributed by atoms with Crippen LogP contribution in [0.4, 0.5) is 0 Å². The van der Waals surface area contributed by atoms with Crippen molar-refractivity contribution in [2.24, 2.45) is 0 Å². The van der Waals surface area contributed by atoms with Gasteiger partial charge in [0.2, 0.25) is 0 Å². The molecule has 0 unspecified atom stereocenters. The van der Waals surface area contributed by atoms with Crippen LogP contribution in [0, 0.1) is 0 Å². The van der Waals surface area contributed by atoms with Gasteiger partial charge in [0.05, 0.1) is 39.6 Å². The van der Waals surface area contributed by atoms with Crippen molar-refractivity contribution in [3.63, 3.8) is 0 Å². The van der Waals surface area contributed by atoms with E-state index in [1.807, 2.05) is 0 Å². The van der Waals surface area contributed by atoms with Crippen LogP contribution in [0.1, 0.15) is 17.2 Å². The van der Waals surface area contributed by atoms with E-state index in [0.29, 0.717) is 28.4 Å². The van der Waals surface area contributed by atoms with Crippen LogP contribution in [0.15, 0.2) is 48.0 Å². The number of hydrogen-bond acceptors (Lipinski definition) is 7. The molecular weight excluding hydrogens is 390 g/mol. The van der Waals surface area contributed by atoms with E-state index in [2.05, 4.69) is 0 Å². The Morgan fingerprint density at radius 3 is 2.20 bits per heavy atom. The Kier molecular flexibility index (Phi) is 6.27. The van der Waals surface area contributed by atoms with Gasteiger partial charge in [-0.2, -0.15) is 0 Å². The molecule has 1 heterocycles. The third kappa shape index (κ3) is 3.69. The Morgan fingerprint density at radius 2 is 1.63 bits per heavy atom. The molecule has 0 saturated carbocycles. The normalized spacial score (nSPS) is 17.9. The third-order valence-electron chi connectivity index (χ3n) is 4.97. The highest BCUT2D eigenvalue weighted by Crippen LogP contribution is 2.41. The van der Waals surface area contributed by atoms with Gasteiger partial charge in [-0.05, 0) is 42.0 Å². The highest BCUT2D eigenvalue weighted by atomic mass is 16.5. The molecule has 1 aliphatic heterocycles. The van der Waals surface area contributed by atoms with Gasteiger partial charge in [-0.25, -0.2) is 0 Å². The number of methoxy groups -OCH3 is 3. The van der Waals surface area contributed by atoms with Crippen molar-refractivity contribution < 1.29 is 34.0 Å². The third-order valence-corrected chi connectivity index (χ3v) is 4.97. The van der Waals surface area contributed by atoms with Crippen LogP contribution in [0.5, 0.6) is 17.2 Å². The van der Waals surface area contributed by atoms with Crippen molar-refractivity contribution in [2.75, 3.05) is 34.5 Å². The smallest absolute Gasteiger partial charge is 0.295 e. The molecule has 2 aromatic carbocycles. The van der Waals surface area contributed by atoms with Crippen molar-refractivity contribution >= 4 is 17.4 Å². The first-order valence-electron chi connectivity index (χ1n) is 9.22. The standard InChI is InChI=1S/C22H23NO7/c1-28-15-7-4-13(5-8-15)20(25)18-19(23(10-11-24)22(27)21(18)26)14-6-9-16(29-2)17(12-14)30-3/h4-9,12,19,24-25H,10-11H2,1-3H3/t19-/m0/s1. The zero-order valence-corrected chi connectivity index (χ0v) is 16.9. The number of aliphatic hydroxyl groups excluding tert-OH is 2. The minimum absolute atomic E-state index is 0.0640. The van der Waals surface area contributed by atoms with Crippen molar-refractivity contribution in [1.82, 2.24) is 4.90 Å². The van der Waals surface area contributed by atoms with Gasteiger partial charge in [-0.15, -0.1) is 0 Å². The number of rotatable bonds is 7. The van der Waals surface area contributed by atoms with E-state index < -0.39 is 17.7 Å². The molecule has 0 aromatic heterocycles. The van der Waals surface area contributed by atoms with Crippen LogP contribution in [-0.2, 0) is 9.59 Å². The lowest BCUT2D eigenvalue weighted by Gasteiger charge is -2.25. The summed E-state index contributed by atoms with van der Waals surface area (Å²) in [6.07, 6.45) is 0. The number of nitrogens with zero attached hydrogens (tertiary/aromatic N) is 1. The van der Waals surface area contributed by atoms with Crippen LogP contribution in [0.25, 0.3) is 5.76 Å². The summed E-state index contributed by atoms with van der Waals surface area (Å²) in [5.41, 5.74) is 0.837. The summed E-state index contributed by atoms with van der Waals surface area (Å²) in [5, 5.41) is 20.4. The number of hydrogen-bond donors (Lipinski definition) is 2. The monoisotopic (exact) mass is 413 g/mol. The van der Waals surface area contributed by atoms with E-state index in [4.69, 9.17) is 14.2 Å². The number of Topliss-reactive ketones (excluding diaryl/α,β-unsaturated/α-hetero) is 1. The lowest BCUT2D eigenvalue weighted by Crippen LogP contribution is -2.32. The number of likely N-dealkylation sites (tertiary alicyclic amines) is 1. The van der Waals surface area contributed by atoms with Gasteiger partial charge < -0.3 is 29.3 Å². The molecule has 0 spiro atoms. The fraction of sp³-hybridized carbons (Fsp3) is 0.273. The van der Waals surface area contributed by atoms with Gasteiger partial charge in [0, 0.05) is 12.1 Å². The molecule has 3 rings (SSSR count). The Bertz CT molecular complexity index is 981. The molecule has 1 amide bonds. The molecule has 1 atom stereocenters. The maximum atomic E-state index is 12.8. The van der Waals surface area contributed by atoms with Crippen LogP contribution in [0.3, 0.4) is 0 Å². The van der Waals surface area contributed by atoms with Crippen LogP contribution < -0.4 is 14.2 Å². The van der Waals surface area contributed by atoms with Crippen LogP contribution >= 0.6 is 0 Å². The minimum atomic E-state index is -0.890. The largest absolute Gasteiger partial charge is 0.507 e. The molecule has 0 radical (unpaired) electrons. The van der Waals surface area contributed by atoms with E-state index in [0.717, 1.165) is 0 Å². The zero-order valence-electron chi connectivity index (χ0n) is 16.9. The lowest BCUT2D eigenvalue weighted by molar-refractivity contribution is -0.140. The Labute approximate surface area is 173 Å². The average molecular weight is 413 g/mol. The fourth-order valence-corrected chi connectivity index (χ4v) is 3.49. The first kappa shape index (κ1) is 21.2. The first-order chi connectivity index (χ1) is 14.5. The van der Waals surface area contributed by atoms with E-state index in [1.54, 1.807) is 42.5 Å². The molecule has 158 valence electrons. The number of ether oxygens (including phenoxy) is 3. The number of carbonyl (C=O) groups is 2. The number of β-amino-alcohol motifs (C(OH)–C–C–N with tert-alkyl or cyclic N) is 1.